The van der Waals surface area contributed by atoms with Gasteiger partial charge in [0.25, 0.3) is 5.91 Å². The largest absolute Gasteiger partial charge is 0.497 e. The average molecular weight is 522 g/mol. The van der Waals surface area contributed by atoms with Crippen molar-refractivity contribution in [2.24, 2.45) is 5.10 Å². The van der Waals surface area contributed by atoms with Crippen LogP contribution in [0.1, 0.15) is 15.9 Å². The van der Waals surface area contributed by atoms with Crippen molar-refractivity contribution in [3.8, 4) is 22.8 Å². The van der Waals surface area contributed by atoms with E-state index in [1.165, 1.54) is 30.1 Å². The molecule has 0 spiro atoms. The zero-order valence-corrected chi connectivity index (χ0v) is 20.5. The van der Waals surface area contributed by atoms with Crippen molar-refractivity contribution in [3.05, 3.63) is 88.9 Å². The van der Waals surface area contributed by atoms with Crippen LogP contribution in [0.2, 0.25) is 5.02 Å². The molecule has 4 aromatic rings. The van der Waals surface area contributed by atoms with Gasteiger partial charge in [-0.1, -0.05) is 35.5 Å². The Bertz CT molecular complexity index is 1390. The first kappa shape index (κ1) is 25.0. The number of methoxy groups -OCH3 is 1. The van der Waals surface area contributed by atoms with Crippen LogP contribution >= 0.6 is 23.4 Å². The quantitative estimate of drug-likeness (QED) is 0.188. The minimum Gasteiger partial charge on any atom is -0.497 e. The molecule has 0 saturated carbocycles. The fourth-order valence-electron chi connectivity index (χ4n) is 3.17. The van der Waals surface area contributed by atoms with E-state index >= 15 is 0 Å². The Labute approximate surface area is 215 Å². The van der Waals surface area contributed by atoms with Gasteiger partial charge < -0.3 is 9.84 Å². The van der Waals surface area contributed by atoms with Crippen LogP contribution in [0.25, 0.3) is 17.1 Å². The molecule has 0 bridgehead atoms. The Morgan fingerprint density at radius 3 is 2.39 bits per heavy atom. The third-order valence-electron chi connectivity index (χ3n) is 4.96. The maximum atomic E-state index is 12.4. The molecular formula is C25H20ClN5O4S. The number of nitrogens with one attached hydrogen (secondary N) is 1. The maximum Gasteiger partial charge on any atom is 0.335 e. The number of carboxylic acid groups (broad SMARTS) is 1. The first-order valence-electron chi connectivity index (χ1n) is 10.6. The van der Waals surface area contributed by atoms with Crippen LogP contribution in [0, 0.1) is 0 Å². The fourth-order valence-corrected chi connectivity index (χ4v) is 4.04. The fraction of sp³-hybridized carbons (Fsp3) is 0.0800. The summed E-state index contributed by atoms with van der Waals surface area (Å²) in [6.07, 6.45) is 1.44. The van der Waals surface area contributed by atoms with Gasteiger partial charge in [-0.15, -0.1) is 10.2 Å². The topological polar surface area (TPSA) is 119 Å². The summed E-state index contributed by atoms with van der Waals surface area (Å²) in [6, 6.07) is 20.8. The summed E-state index contributed by atoms with van der Waals surface area (Å²) in [5.74, 6) is 0.0241. The number of nitrogens with zero attached hydrogens (tertiary/aromatic N) is 4. The molecule has 0 radical (unpaired) electrons. The lowest BCUT2D eigenvalue weighted by atomic mass is 10.1. The third-order valence-corrected chi connectivity index (χ3v) is 6.14. The molecule has 1 amide bonds. The van der Waals surface area contributed by atoms with Gasteiger partial charge >= 0.3 is 5.97 Å². The number of aromatic carboxylic acids is 1. The van der Waals surface area contributed by atoms with Gasteiger partial charge in [0.2, 0.25) is 0 Å². The molecule has 4 rings (SSSR count). The normalized spacial score (nSPS) is 10.9. The minimum atomic E-state index is -1.01. The molecule has 0 aliphatic carbocycles. The Hall–Kier alpha value is -4.15. The average Bonchev–Trinajstić information content (AvgIpc) is 3.32. The molecule has 0 unspecified atom stereocenters. The Morgan fingerprint density at radius 2 is 1.75 bits per heavy atom. The van der Waals surface area contributed by atoms with E-state index in [1.807, 2.05) is 41.0 Å². The summed E-state index contributed by atoms with van der Waals surface area (Å²) in [5, 5.41) is 22.7. The summed E-state index contributed by atoms with van der Waals surface area (Å²) < 4.78 is 7.09. The van der Waals surface area contributed by atoms with Crippen molar-refractivity contribution in [1.82, 2.24) is 20.2 Å². The van der Waals surface area contributed by atoms with Gasteiger partial charge in [0, 0.05) is 16.3 Å². The number of ether oxygens (including phenoxy) is 1. The highest BCUT2D eigenvalue weighted by Gasteiger charge is 2.17. The molecule has 0 fully saturated rings. The van der Waals surface area contributed by atoms with Crippen LogP contribution in [0.3, 0.4) is 0 Å². The molecular weight excluding hydrogens is 502 g/mol. The van der Waals surface area contributed by atoms with E-state index in [-0.39, 0.29) is 17.2 Å². The number of carbonyl (C=O) groups is 2. The van der Waals surface area contributed by atoms with E-state index in [0.29, 0.717) is 21.6 Å². The molecule has 1 aromatic heterocycles. The highest BCUT2D eigenvalue weighted by molar-refractivity contribution is 7.99. The molecule has 9 nitrogen and oxygen atoms in total. The highest BCUT2D eigenvalue weighted by atomic mass is 35.5. The standard InChI is InChI=1S/C25H20ClN5O4S/c1-35-21-12-6-17(7-13-21)23-29-30-25(31(23)20-10-8-19(26)9-11-20)36-15-22(32)28-27-14-16-2-4-18(5-3-16)24(33)34/h2-14H,15H2,1H3,(H,28,32)(H,33,34). The van der Waals surface area contributed by atoms with Gasteiger partial charge in [-0.3, -0.25) is 9.36 Å². The van der Waals surface area contributed by atoms with E-state index in [2.05, 4.69) is 20.7 Å². The van der Waals surface area contributed by atoms with Crippen molar-refractivity contribution in [2.45, 2.75) is 5.16 Å². The van der Waals surface area contributed by atoms with Crippen LogP contribution in [0.4, 0.5) is 0 Å². The summed E-state index contributed by atoms with van der Waals surface area (Å²) in [5.41, 5.74) is 4.91. The molecule has 36 heavy (non-hydrogen) atoms. The number of hydrogen-bond donors (Lipinski definition) is 2. The second-order valence-electron chi connectivity index (χ2n) is 7.36. The predicted octanol–water partition coefficient (Wildman–Crippen LogP) is 4.54. The summed E-state index contributed by atoms with van der Waals surface area (Å²) in [4.78, 5) is 23.3. The van der Waals surface area contributed by atoms with E-state index in [4.69, 9.17) is 21.4 Å². The van der Waals surface area contributed by atoms with Crippen LogP contribution in [-0.4, -0.2) is 50.8 Å². The molecule has 0 saturated heterocycles. The lowest BCUT2D eigenvalue weighted by Gasteiger charge is -2.11. The van der Waals surface area contributed by atoms with E-state index < -0.39 is 5.97 Å². The van der Waals surface area contributed by atoms with E-state index in [0.717, 1.165) is 17.0 Å². The van der Waals surface area contributed by atoms with Gasteiger partial charge in [-0.25, -0.2) is 10.2 Å². The van der Waals surface area contributed by atoms with Crippen molar-refractivity contribution >= 4 is 41.5 Å². The Balaban J connectivity index is 1.48. The molecule has 0 aliphatic rings. The lowest BCUT2D eigenvalue weighted by molar-refractivity contribution is -0.118. The number of rotatable bonds is 9. The first-order valence-corrected chi connectivity index (χ1v) is 11.9. The first-order chi connectivity index (χ1) is 17.4. The number of carboxylic acids is 1. The van der Waals surface area contributed by atoms with Gasteiger partial charge in [0.05, 0.1) is 24.6 Å². The van der Waals surface area contributed by atoms with Crippen molar-refractivity contribution in [2.75, 3.05) is 12.9 Å². The molecule has 0 atom stereocenters. The van der Waals surface area contributed by atoms with E-state index in [1.54, 1.807) is 31.4 Å². The molecule has 3 aromatic carbocycles. The number of thioether (sulfide) groups is 1. The maximum absolute atomic E-state index is 12.4. The number of benzene rings is 3. The SMILES string of the molecule is COc1ccc(-c2nnc(SCC(=O)NN=Cc3ccc(C(=O)O)cc3)n2-c2ccc(Cl)cc2)cc1. The Morgan fingerprint density at radius 1 is 1.06 bits per heavy atom. The second kappa shape index (κ2) is 11.5. The van der Waals surface area contributed by atoms with Gasteiger partial charge in [-0.2, -0.15) is 5.10 Å². The predicted molar refractivity (Wildman–Crippen MR) is 138 cm³/mol. The summed E-state index contributed by atoms with van der Waals surface area (Å²) >= 11 is 7.28. The molecule has 182 valence electrons. The minimum absolute atomic E-state index is 0.0453. The van der Waals surface area contributed by atoms with Crippen molar-refractivity contribution < 1.29 is 19.4 Å². The van der Waals surface area contributed by atoms with Crippen molar-refractivity contribution in [3.63, 3.8) is 0 Å². The van der Waals surface area contributed by atoms with Crippen molar-refractivity contribution in [1.29, 1.82) is 0 Å². The van der Waals surface area contributed by atoms with Crippen LogP contribution in [0.15, 0.2) is 83.1 Å². The second-order valence-corrected chi connectivity index (χ2v) is 8.73. The zero-order valence-electron chi connectivity index (χ0n) is 19.0. The van der Waals surface area contributed by atoms with Crippen LogP contribution in [0.5, 0.6) is 5.75 Å². The number of hydrogen-bond acceptors (Lipinski definition) is 7. The van der Waals surface area contributed by atoms with E-state index in [9.17, 15) is 9.59 Å². The van der Waals surface area contributed by atoms with Crippen LogP contribution in [-0.2, 0) is 4.79 Å². The number of aromatic nitrogens is 3. The van der Waals surface area contributed by atoms with Gasteiger partial charge in [-0.05, 0) is 66.2 Å². The summed E-state index contributed by atoms with van der Waals surface area (Å²) in [7, 11) is 1.60. The number of carbonyl (C=O) groups excluding carboxylic acids is 1. The molecule has 11 heteroatoms. The smallest absolute Gasteiger partial charge is 0.335 e. The molecule has 1 heterocycles. The molecule has 0 aliphatic heterocycles. The number of hydrazone groups is 1. The number of halogens is 1. The Kier molecular flexibility index (Phi) is 7.99. The third kappa shape index (κ3) is 6.09. The lowest BCUT2D eigenvalue weighted by Crippen LogP contribution is -2.20. The van der Waals surface area contributed by atoms with Gasteiger partial charge in [0.1, 0.15) is 5.75 Å². The highest BCUT2D eigenvalue weighted by Crippen LogP contribution is 2.29. The summed E-state index contributed by atoms with van der Waals surface area (Å²) in [6.45, 7) is 0. The van der Waals surface area contributed by atoms with Gasteiger partial charge in [0.15, 0.2) is 11.0 Å². The zero-order chi connectivity index (χ0) is 25.5. The number of amides is 1. The van der Waals surface area contributed by atoms with Crippen LogP contribution < -0.4 is 10.2 Å². The molecule has 2 N–H and O–H groups in total. The monoisotopic (exact) mass is 521 g/mol.